The average Bonchev–Trinajstić information content (AvgIpc) is 3.24. The molecule has 2 aromatic rings. The molecule has 8 N–H and O–H groups in total. The normalized spacial score (nSPS) is 18.5. The number of carboxylic acids is 1. The number of hydrogen-bond acceptors (Lipinski definition) is 15. The van der Waals surface area contributed by atoms with Crippen LogP contribution in [0, 0.1) is 0 Å². The van der Waals surface area contributed by atoms with Crippen LogP contribution in [0.25, 0.3) is 0 Å². The molecule has 2 aromatic heterocycles. The topological polar surface area (TPSA) is 251 Å². The first kappa shape index (κ1) is 33.9. The summed E-state index contributed by atoms with van der Waals surface area (Å²) in [6, 6.07) is 0.772. The van der Waals surface area contributed by atoms with E-state index in [2.05, 4.69) is 20.4 Å². The van der Waals surface area contributed by atoms with E-state index in [4.69, 9.17) is 27.6 Å². The molecule has 2 amide bonds. The van der Waals surface area contributed by atoms with Crippen LogP contribution < -0.4 is 16.8 Å². The van der Waals surface area contributed by atoms with Gasteiger partial charge in [0.05, 0.1) is 6.26 Å². The number of nitrogens with two attached hydrogens (primary N) is 2. The van der Waals surface area contributed by atoms with Crippen molar-refractivity contribution in [2.75, 3.05) is 30.0 Å². The number of β-lactam (4-membered cyclic amide) rings is 1. The van der Waals surface area contributed by atoms with Gasteiger partial charge in [0.15, 0.2) is 10.8 Å². The Labute approximate surface area is 261 Å². The first-order chi connectivity index (χ1) is 19.8. The molecular formula is C21H24ClN7O8S5. The molecule has 4 heterocycles. The van der Waals surface area contributed by atoms with Gasteiger partial charge < -0.3 is 27.1 Å². The molecule has 0 spiro atoms. The van der Waals surface area contributed by atoms with Crippen LogP contribution >= 0.6 is 58.2 Å². The number of carboxylic acid groups (broad SMARTS) is 1. The predicted octanol–water partition coefficient (Wildman–Crippen LogP) is 1.14. The first-order valence-electron chi connectivity index (χ1n) is 11.4. The van der Waals surface area contributed by atoms with E-state index in [0.717, 1.165) is 32.4 Å². The molecule has 15 nitrogen and oxygen atoms in total. The molecule has 2 aliphatic rings. The summed E-state index contributed by atoms with van der Waals surface area (Å²) < 4.78 is 25.9. The van der Waals surface area contributed by atoms with Gasteiger partial charge in [-0.15, -0.1) is 11.8 Å². The Morgan fingerprint density at radius 1 is 1.38 bits per heavy atom. The van der Waals surface area contributed by atoms with E-state index in [0.29, 0.717) is 29.2 Å². The van der Waals surface area contributed by atoms with E-state index in [1.807, 2.05) is 0 Å². The number of hydrogen-bond donors (Lipinski definition) is 6. The Morgan fingerprint density at radius 3 is 2.64 bits per heavy atom. The summed E-state index contributed by atoms with van der Waals surface area (Å²) in [5, 5.41) is 24.2. The standard InChI is InChI=1S/C20H20ClN7O5S4.CH4O3S/c21-15-11(26-20(23)37-15)12(27-33)16(29)25-13-17(30)28-14(19(31)32)10(7-35-18(13)28)36-9-1-3-24-5-8(9)6-34-4-2-22;1-5(2,3)4/h1,3,5,13,18,33H,2,4,6-7,22H2,(H2,23,26)(H,25,29)(H,31,32);1H3,(H,2,3,4)/b27-12-;/t13-,18-;/m1./s1. The van der Waals surface area contributed by atoms with Crippen LogP contribution in [0.1, 0.15) is 11.3 Å². The Morgan fingerprint density at radius 2 is 2.07 bits per heavy atom. The summed E-state index contributed by atoms with van der Waals surface area (Å²) in [7, 11) is -3.67. The molecule has 0 aromatic carbocycles. The Balaban J connectivity index is 0.000000892. The highest BCUT2D eigenvalue weighted by atomic mass is 35.5. The molecular weight excluding hydrogens is 674 g/mol. The number of oxime groups is 1. The first-order valence-corrected chi connectivity index (χ1v) is 17.5. The zero-order valence-electron chi connectivity index (χ0n) is 21.5. The second-order valence-corrected chi connectivity index (χ2v) is 14.7. The zero-order valence-corrected chi connectivity index (χ0v) is 26.3. The van der Waals surface area contributed by atoms with Crippen LogP contribution in [0.3, 0.4) is 0 Å². The number of fused-ring (bicyclic) bond motifs is 1. The third-order valence-electron chi connectivity index (χ3n) is 5.18. The van der Waals surface area contributed by atoms with Crippen molar-refractivity contribution in [3.63, 3.8) is 0 Å². The maximum atomic E-state index is 13.0. The quantitative estimate of drug-likeness (QED) is 0.0508. The lowest BCUT2D eigenvalue weighted by Gasteiger charge is -2.49. The van der Waals surface area contributed by atoms with Gasteiger partial charge in [-0.25, -0.2) is 9.78 Å². The third-order valence-corrected chi connectivity index (χ3v) is 9.96. The monoisotopic (exact) mass is 697 g/mol. The lowest BCUT2D eigenvalue weighted by molar-refractivity contribution is -0.150. The number of carbonyl (C=O) groups is 3. The van der Waals surface area contributed by atoms with Crippen LogP contribution in [0.4, 0.5) is 5.13 Å². The summed E-state index contributed by atoms with van der Waals surface area (Å²) in [6.45, 7) is 0.547. The molecule has 21 heteroatoms. The summed E-state index contributed by atoms with van der Waals surface area (Å²) >= 11 is 11.1. The number of amides is 2. The minimum atomic E-state index is -3.67. The van der Waals surface area contributed by atoms with Gasteiger partial charge in [0, 0.05) is 46.0 Å². The van der Waals surface area contributed by atoms with E-state index >= 15 is 0 Å². The van der Waals surface area contributed by atoms with Gasteiger partial charge in [-0.2, -0.15) is 20.2 Å². The van der Waals surface area contributed by atoms with E-state index in [1.165, 1.54) is 23.5 Å². The number of thiazole rings is 1. The largest absolute Gasteiger partial charge is 0.477 e. The summed E-state index contributed by atoms with van der Waals surface area (Å²) in [5.41, 5.74) is 11.3. The van der Waals surface area contributed by atoms with Gasteiger partial charge in [-0.05, 0) is 11.6 Å². The van der Waals surface area contributed by atoms with Gasteiger partial charge in [-0.1, -0.05) is 39.9 Å². The fraction of sp³-hybridized carbons (Fsp3) is 0.333. The maximum absolute atomic E-state index is 13.0. The highest BCUT2D eigenvalue weighted by Crippen LogP contribution is 2.46. The number of aromatic nitrogens is 2. The van der Waals surface area contributed by atoms with Crippen LogP contribution in [-0.4, -0.2) is 97.4 Å². The molecule has 228 valence electrons. The van der Waals surface area contributed by atoms with Crippen molar-refractivity contribution >= 4 is 97.0 Å². The molecule has 0 radical (unpaired) electrons. The maximum Gasteiger partial charge on any atom is 0.353 e. The Bertz CT molecular complexity index is 1530. The number of carbonyl (C=O) groups excluding carboxylic acids is 2. The number of nitrogens with one attached hydrogen (secondary N) is 1. The lowest BCUT2D eigenvalue weighted by atomic mass is 10.0. The number of pyridine rings is 1. The number of halogens is 1. The van der Waals surface area contributed by atoms with Crippen molar-refractivity contribution in [3.8, 4) is 0 Å². The second kappa shape index (κ2) is 14.7. The van der Waals surface area contributed by atoms with E-state index in [9.17, 15) is 33.1 Å². The molecule has 2 atom stereocenters. The van der Waals surface area contributed by atoms with Gasteiger partial charge >= 0.3 is 5.97 Å². The fourth-order valence-corrected chi connectivity index (χ4v) is 7.91. The number of thioether (sulfide) groups is 3. The average molecular weight is 698 g/mol. The van der Waals surface area contributed by atoms with Gasteiger partial charge in [0.1, 0.15) is 27.1 Å². The van der Waals surface area contributed by atoms with Gasteiger partial charge in [0.25, 0.3) is 21.9 Å². The van der Waals surface area contributed by atoms with Gasteiger partial charge in [-0.3, -0.25) is 24.0 Å². The molecule has 42 heavy (non-hydrogen) atoms. The molecule has 1 saturated heterocycles. The van der Waals surface area contributed by atoms with E-state index in [-0.39, 0.29) is 20.9 Å². The zero-order chi connectivity index (χ0) is 31.2. The third kappa shape index (κ3) is 8.49. The van der Waals surface area contributed by atoms with Crippen molar-refractivity contribution in [1.82, 2.24) is 20.2 Å². The lowest BCUT2D eigenvalue weighted by Crippen LogP contribution is -2.71. The second-order valence-electron chi connectivity index (χ2n) is 8.22. The van der Waals surface area contributed by atoms with Crippen LogP contribution in [0.2, 0.25) is 4.34 Å². The summed E-state index contributed by atoms with van der Waals surface area (Å²) in [4.78, 5) is 48.5. The van der Waals surface area contributed by atoms with Gasteiger partial charge in [0.2, 0.25) is 0 Å². The number of rotatable bonds is 10. The van der Waals surface area contributed by atoms with Crippen LogP contribution in [-0.2, 0) is 30.3 Å². The van der Waals surface area contributed by atoms with E-state index in [1.54, 1.807) is 30.2 Å². The highest BCUT2D eigenvalue weighted by Gasteiger charge is 2.54. The molecule has 4 rings (SSSR count). The van der Waals surface area contributed by atoms with Crippen molar-refractivity contribution in [2.45, 2.75) is 22.1 Å². The molecule has 0 unspecified atom stereocenters. The Hall–Kier alpha value is -2.59. The minimum absolute atomic E-state index is 0.0451. The molecule has 1 fully saturated rings. The summed E-state index contributed by atoms with van der Waals surface area (Å²) in [6.07, 6.45) is 4.07. The van der Waals surface area contributed by atoms with Crippen molar-refractivity contribution in [1.29, 1.82) is 0 Å². The highest BCUT2D eigenvalue weighted by molar-refractivity contribution is 8.06. The number of anilines is 1. The number of nitrogen functional groups attached to an aromatic ring is 1. The number of aliphatic carboxylic acids is 1. The van der Waals surface area contributed by atoms with Crippen molar-refractivity contribution in [2.24, 2.45) is 10.9 Å². The van der Waals surface area contributed by atoms with Crippen LogP contribution in [0.5, 0.6) is 0 Å². The SMILES string of the molecule is CS(=O)(=O)O.NCCSCc1cnccc1SC1=C(C(=O)O)N2C(=O)[C@@H](NC(=O)/C(=N\O)c3nc(N)sc3Cl)[C@H]2SC1. The fourth-order valence-electron chi connectivity index (χ4n) is 3.56. The number of nitrogens with zero attached hydrogens (tertiary/aromatic N) is 4. The Kier molecular flexibility index (Phi) is 11.9. The molecule has 0 saturated carbocycles. The van der Waals surface area contributed by atoms with Crippen molar-refractivity contribution < 1.29 is 37.7 Å². The smallest absolute Gasteiger partial charge is 0.353 e. The molecule has 2 aliphatic heterocycles. The van der Waals surface area contributed by atoms with Crippen molar-refractivity contribution in [3.05, 3.63) is 44.7 Å². The van der Waals surface area contributed by atoms with E-state index < -0.39 is 45.0 Å². The van der Waals surface area contributed by atoms with Crippen LogP contribution in [0.15, 0.2) is 39.1 Å². The minimum Gasteiger partial charge on any atom is -0.477 e. The summed E-state index contributed by atoms with van der Waals surface area (Å²) in [5.74, 6) is -0.998. The molecule has 0 aliphatic carbocycles. The predicted molar refractivity (Wildman–Crippen MR) is 162 cm³/mol. The molecule has 0 bridgehead atoms.